The van der Waals surface area contributed by atoms with Crippen LogP contribution in [0, 0.1) is 0 Å². The Bertz CT molecular complexity index is 793. The molecule has 0 saturated heterocycles. The van der Waals surface area contributed by atoms with Gasteiger partial charge >= 0.3 is 0 Å². The summed E-state index contributed by atoms with van der Waals surface area (Å²) in [4.78, 5) is 51.2. The summed E-state index contributed by atoms with van der Waals surface area (Å²) in [5, 5.41) is 14.4. The first-order chi connectivity index (χ1) is 14.6. The highest BCUT2D eigenvalue weighted by Crippen LogP contribution is 2.11. The lowest BCUT2D eigenvalue weighted by Crippen LogP contribution is -2.54. The third kappa shape index (κ3) is 10.1. The predicted octanol–water partition coefficient (Wildman–Crippen LogP) is -2.64. The number of hydrogen-bond donors (Lipinski definition) is 7. The number of nitrogens with one attached hydrogen (secondary N) is 2. The zero-order valence-corrected chi connectivity index (χ0v) is 17.0. The summed E-state index contributed by atoms with van der Waals surface area (Å²) in [7, 11) is 0. The third-order valence-corrected chi connectivity index (χ3v) is 4.22. The zero-order valence-electron chi connectivity index (χ0n) is 17.0. The minimum Gasteiger partial charge on any atom is -0.508 e. The van der Waals surface area contributed by atoms with Crippen LogP contribution in [0.25, 0.3) is 0 Å². The predicted molar refractivity (Wildman–Crippen MR) is 113 cm³/mol. The van der Waals surface area contributed by atoms with Crippen molar-refractivity contribution < 1.29 is 24.3 Å². The SMILES string of the molecule is NC(=O)C[C@H](N)C(=O)N[C@@H](CCCN=C(N)N)C(=O)N[C@H](C=O)Cc1ccc(O)cc1. The number of nitrogens with two attached hydrogens (primary N) is 4. The van der Waals surface area contributed by atoms with E-state index in [9.17, 15) is 24.3 Å². The number of rotatable bonds is 13. The van der Waals surface area contributed by atoms with Gasteiger partial charge < -0.3 is 43.5 Å². The highest BCUT2D eigenvalue weighted by molar-refractivity contribution is 5.92. The topological polar surface area (TPSA) is 229 Å². The molecule has 3 atom stereocenters. The van der Waals surface area contributed by atoms with Gasteiger partial charge in [0.25, 0.3) is 0 Å². The van der Waals surface area contributed by atoms with Crippen LogP contribution < -0.4 is 33.6 Å². The van der Waals surface area contributed by atoms with Gasteiger partial charge in [0.1, 0.15) is 18.1 Å². The van der Waals surface area contributed by atoms with Gasteiger partial charge in [0.05, 0.1) is 18.5 Å². The van der Waals surface area contributed by atoms with Gasteiger partial charge in [-0.05, 0) is 37.0 Å². The molecule has 0 unspecified atom stereocenters. The number of aromatic hydroxyl groups is 1. The zero-order chi connectivity index (χ0) is 23.4. The lowest BCUT2D eigenvalue weighted by Gasteiger charge is -2.22. The summed E-state index contributed by atoms with van der Waals surface area (Å²) in [5.74, 6) is -2.14. The van der Waals surface area contributed by atoms with Crippen molar-refractivity contribution >= 4 is 30.0 Å². The molecule has 31 heavy (non-hydrogen) atoms. The van der Waals surface area contributed by atoms with Crippen molar-refractivity contribution in [3.8, 4) is 5.75 Å². The summed E-state index contributed by atoms with van der Waals surface area (Å²) >= 11 is 0. The molecule has 1 aromatic rings. The van der Waals surface area contributed by atoms with Gasteiger partial charge in [-0.1, -0.05) is 12.1 Å². The number of nitrogens with zero attached hydrogens (tertiary/aromatic N) is 1. The number of amides is 3. The van der Waals surface area contributed by atoms with Crippen molar-refractivity contribution in [1.82, 2.24) is 10.6 Å². The number of primary amides is 1. The second-order valence-corrected chi connectivity index (χ2v) is 6.91. The Morgan fingerprint density at radius 3 is 2.26 bits per heavy atom. The fraction of sp³-hybridized carbons (Fsp3) is 0.421. The van der Waals surface area contributed by atoms with Crippen LogP contribution in [-0.2, 0) is 25.6 Å². The van der Waals surface area contributed by atoms with Crippen molar-refractivity contribution in [3.63, 3.8) is 0 Å². The molecule has 12 nitrogen and oxygen atoms in total. The molecule has 12 heteroatoms. The maximum Gasteiger partial charge on any atom is 0.243 e. The summed E-state index contributed by atoms with van der Waals surface area (Å²) in [6, 6.07) is 3.04. The minimum atomic E-state index is -1.22. The first kappa shape index (κ1) is 25.4. The van der Waals surface area contributed by atoms with Gasteiger partial charge in [-0.3, -0.25) is 19.4 Å². The second-order valence-electron chi connectivity index (χ2n) is 6.91. The van der Waals surface area contributed by atoms with E-state index in [2.05, 4.69) is 15.6 Å². The average Bonchev–Trinajstić information content (AvgIpc) is 2.70. The smallest absolute Gasteiger partial charge is 0.243 e. The maximum absolute atomic E-state index is 12.7. The maximum atomic E-state index is 12.7. The summed E-state index contributed by atoms with van der Waals surface area (Å²) in [5.41, 5.74) is 21.9. The lowest BCUT2D eigenvalue weighted by molar-refractivity contribution is -0.131. The van der Waals surface area contributed by atoms with E-state index in [1.54, 1.807) is 12.1 Å². The van der Waals surface area contributed by atoms with Crippen LogP contribution in [0.2, 0.25) is 0 Å². The molecule has 0 aliphatic heterocycles. The van der Waals surface area contributed by atoms with Crippen LogP contribution in [0.3, 0.4) is 0 Å². The summed E-state index contributed by atoms with van der Waals surface area (Å²) < 4.78 is 0. The Morgan fingerprint density at radius 2 is 1.71 bits per heavy atom. The van der Waals surface area contributed by atoms with Crippen molar-refractivity contribution in [2.75, 3.05) is 6.54 Å². The largest absolute Gasteiger partial charge is 0.508 e. The molecule has 0 bridgehead atoms. The molecule has 1 rings (SSSR count). The number of guanidine groups is 1. The van der Waals surface area contributed by atoms with E-state index in [1.165, 1.54) is 12.1 Å². The third-order valence-electron chi connectivity index (χ3n) is 4.22. The number of aldehydes is 1. The number of aliphatic imine (C=N–C) groups is 1. The van der Waals surface area contributed by atoms with Crippen LogP contribution in [-0.4, -0.2) is 59.7 Å². The number of benzene rings is 1. The van der Waals surface area contributed by atoms with Gasteiger partial charge in [0.2, 0.25) is 17.7 Å². The monoisotopic (exact) mass is 435 g/mol. The Morgan fingerprint density at radius 1 is 1.06 bits per heavy atom. The van der Waals surface area contributed by atoms with Crippen LogP contribution in [0.1, 0.15) is 24.8 Å². The molecule has 0 saturated carbocycles. The normalized spacial score (nSPS) is 13.3. The van der Waals surface area contributed by atoms with E-state index >= 15 is 0 Å². The first-order valence-corrected chi connectivity index (χ1v) is 9.55. The van der Waals surface area contributed by atoms with E-state index < -0.39 is 35.8 Å². The molecule has 11 N–H and O–H groups in total. The Kier molecular flexibility index (Phi) is 10.5. The number of carbonyl (C=O) groups is 4. The van der Waals surface area contributed by atoms with Gasteiger partial charge in [0, 0.05) is 6.54 Å². The highest BCUT2D eigenvalue weighted by Gasteiger charge is 2.26. The fourth-order valence-corrected chi connectivity index (χ4v) is 2.66. The van der Waals surface area contributed by atoms with Crippen molar-refractivity contribution in [3.05, 3.63) is 29.8 Å². The minimum absolute atomic E-state index is 0.0753. The lowest BCUT2D eigenvalue weighted by atomic mass is 10.0. The second kappa shape index (κ2) is 12.8. The summed E-state index contributed by atoms with van der Waals surface area (Å²) in [6.07, 6.45) is 0.882. The van der Waals surface area contributed by atoms with Crippen molar-refractivity contribution in [2.45, 2.75) is 43.8 Å². The first-order valence-electron chi connectivity index (χ1n) is 9.55. The Labute approximate surface area is 179 Å². The standard InChI is InChI=1S/C19H29N7O5/c20-14(9-16(21)29)17(30)26-15(2-1-7-24-19(22)23)18(31)25-12(10-27)8-11-3-5-13(28)6-4-11/h3-6,10,12,14-15,28H,1-2,7-9,20H2,(H2,21,29)(H,25,31)(H,26,30)(H4,22,23,24)/t12-,14-,15-/m0/s1. The van der Waals surface area contributed by atoms with E-state index in [0.717, 1.165) is 0 Å². The van der Waals surface area contributed by atoms with Gasteiger partial charge in [-0.2, -0.15) is 0 Å². The quantitative estimate of drug-likeness (QED) is 0.0747. The molecular formula is C19H29N7O5. The molecule has 0 aromatic heterocycles. The van der Waals surface area contributed by atoms with E-state index in [4.69, 9.17) is 22.9 Å². The molecule has 0 aliphatic carbocycles. The average molecular weight is 435 g/mol. The van der Waals surface area contributed by atoms with Crippen LogP contribution >= 0.6 is 0 Å². The molecule has 0 radical (unpaired) electrons. The number of phenols is 1. The van der Waals surface area contributed by atoms with Crippen LogP contribution in [0.5, 0.6) is 5.75 Å². The van der Waals surface area contributed by atoms with E-state index in [0.29, 0.717) is 18.3 Å². The summed E-state index contributed by atoms with van der Waals surface area (Å²) in [6.45, 7) is 0.222. The molecule has 3 amide bonds. The molecular weight excluding hydrogens is 406 g/mol. The molecule has 0 aliphatic rings. The number of carbonyl (C=O) groups excluding carboxylic acids is 4. The highest BCUT2D eigenvalue weighted by atomic mass is 16.3. The molecule has 0 heterocycles. The van der Waals surface area contributed by atoms with Gasteiger partial charge in [-0.15, -0.1) is 0 Å². The molecule has 0 fully saturated rings. The number of phenolic OH excluding ortho intramolecular Hbond substituents is 1. The van der Waals surface area contributed by atoms with E-state index in [1.807, 2.05) is 0 Å². The Hall–Kier alpha value is -3.67. The Balaban J connectivity index is 2.82. The fourth-order valence-electron chi connectivity index (χ4n) is 2.66. The molecule has 0 spiro atoms. The molecule has 1 aromatic carbocycles. The van der Waals surface area contributed by atoms with Gasteiger partial charge in [0.15, 0.2) is 5.96 Å². The molecule has 170 valence electrons. The van der Waals surface area contributed by atoms with Crippen molar-refractivity contribution in [1.29, 1.82) is 0 Å². The van der Waals surface area contributed by atoms with Crippen LogP contribution in [0.4, 0.5) is 0 Å². The van der Waals surface area contributed by atoms with Crippen LogP contribution in [0.15, 0.2) is 29.3 Å². The van der Waals surface area contributed by atoms with E-state index in [-0.39, 0.29) is 37.5 Å². The van der Waals surface area contributed by atoms with Gasteiger partial charge in [-0.25, -0.2) is 0 Å². The number of hydrogen-bond acceptors (Lipinski definition) is 7. The van der Waals surface area contributed by atoms with Crippen molar-refractivity contribution in [2.24, 2.45) is 27.9 Å².